The van der Waals surface area contributed by atoms with E-state index >= 15 is 0 Å². The lowest BCUT2D eigenvalue weighted by molar-refractivity contribution is 1.17. The van der Waals surface area contributed by atoms with Gasteiger partial charge in [-0.25, -0.2) is 9.97 Å². The smallest absolute Gasteiger partial charge is 0.171 e. The summed E-state index contributed by atoms with van der Waals surface area (Å²) in [4.78, 5) is 9.02. The lowest BCUT2D eigenvalue weighted by Crippen LogP contribution is -1.90. The summed E-state index contributed by atoms with van der Waals surface area (Å²) < 4.78 is 0.978. The highest BCUT2D eigenvalue weighted by atomic mass is 79.9. The Labute approximate surface area is 103 Å². The van der Waals surface area contributed by atoms with Gasteiger partial charge in [-0.05, 0) is 22.0 Å². The van der Waals surface area contributed by atoms with E-state index < -0.39 is 0 Å². The molecule has 0 amide bonds. The van der Waals surface area contributed by atoms with E-state index in [2.05, 4.69) is 25.9 Å². The van der Waals surface area contributed by atoms with Crippen molar-refractivity contribution in [2.45, 2.75) is 0 Å². The lowest BCUT2D eigenvalue weighted by atomic mass is 10.3. The summed E-state index contributed by atoms with van der Waals surface area (Å²) in [6.07, 6.45) is 1.43. The van der Waals surface area contributed by atoms with Gasteiger partial charge >= 0.3 is 0 Å². The Morgan fingerprint density at radius 1 is 1.53 bits per heavy atom. The molecule has 0 aromatic carbocycles. The van der Waals surface area contributed by atoms with Crippen molar-refractivity contribution in [1.29, 1.82) is 5.26 Å². The van der Waals surface area contributed by atoms with Crippen LogP contribution >= 0.6 is 38.9 Å². The molecule has 0 aliphatic heterocycles. The molecule has 0 spiro atoms. The van der Waals surface area contributed by atoms with Gasteiger partial charge in [0, 0.05) is 9.85 Å². The Balaban J connectivity index is 2.48. The van der Waals surface area contributed by atoms with Gasteiger partial charge in [-0.3, -0.25) is 0 Å². The van der Waals surface area contributed by atoms with Gasteiger partial charge in [0.05, 0.1) is 11.1 Å². The molecule has 0 unspecified atom stereocenters. The van der Waals surface area contributed by atoms with E-state index in [9.17, 15) is 0 Å². The Morgan fingerprint density at radius 2 is 2.33 bits per heavy atom. The van der Waals surface area contributed by atoms with E-state index in [4.69, 9.17) is 16.9 Å². The van der Waals surface area contributed by atoms with Crippen LogP contribution in [0.1, 0.15) is 5.56 Å². The molecule has 2 heterocycles. The highest BCUT2D eigenvalue weighted by molar-refractivity contribution is 9.10. The predicted octanol–water partition coefficient (Wildman–Crippen LogP) is 3.49. The predicted molar refractivity (Wildman–Crippen MR) is 62.8 cm³/mol. The fraction of sp³-hybridized carbons (Fsp3) is 0. The summed E-state index contributed by atoms with van der Waals surface area (Å²) in [7, 11) is 0. The SMILES string of the molecule is N#Cc1cnc(-c2cc(Br)cs2)nc1Cl. The van der Waals surface area contributed by atoms with Crippen LogP contribution in [0.2, 0.25) is 5.15 Å². The van der Waals surface area contributed by atoms with Crippen LogP contribution < -0.4 is 0 Å². The third-order valence-corrected chi connectivity index (χ3v) is 3.63. The molecule has 0 fully saturated rings. The molecule has 3 nitrogen and oxygen atoms in total. The van der Waals surface area contributed by atoms with Crippen LogP contribution in [0.25, 0.3) is 10.7 Å². The van der Waals surface area contributed by atoms with E-state index in [0.717, 1.165) is 9.35 Å². The molecule has 2 rings (SSSR count). The monoisotopic (exact) mass is 299 g/mol. The average Bonchev–Trinajstić information content (AvgIpc) is 2.65. The maximum Gasteiger partial charge on any atom is 0.171 e. The largest absolute Gasteiger partial charge is 0.234 e. The molecule has 0 N–H and O–H groups in total. The summed E-state index contributed by atoms with van der Waals surface area (Å²) >= 11 is 10.7. The zero-order valence-corrected chi connectivity index (χ0v) is 10.4. The minimum Gasteiger partial charge on any atom is -0.234 e. The van der Waals surface area contributed by atoms with E-state index in [0.29, 0.717) is 5.82 Å². The first-order valence-corrected chi connectivity index (χ1v) is 5.93. The first-order chi connectivity index (χ1) is 7.20. The molecule has 0 aliphatic rings. The highest BCUT2D eigenvalue weighted by Crippen LogP contribution is 2.28. The normalized spacial score (nSPS) is 9.93. The molecule has 6 heteroatoms. The fourth-order valence-electron chi connectivity index (χ4n) is 0.985. The Morgan fingerprint density at radius 3 is 2.87 bits per heavy atom. The molecule has 0 radical (unpaired) electrons. The molecule has 0 bridgehead atoms. The number of halogens is 2. The molecule has 74 valence electrons. The third-order valence-electron chi connectivity index (χ3n) is 1.65. The van der Waals surface area contributed by atoms with Crippen LogP contribution in [-0.4, -0.2) is 9.97 Å². The van der Waals surface area contributed by atoms with Crippen molar-refractivity contribution < 1.29 is 0 Å². The van der Waals surface area contributed by atoms with Crippen molar-refractivity contribution in [3.8, 4) is 16.8 Å². The van der Waals surface area contributed by atoms with Gasteiger partial charge in [0.1, 0.15) is 11.6 Å². The Hall–Kier alpha value is -0.960. The zero-order valence-electron chi connectivity index (χ0n) is 7.24. The Bertz CT molecular complexity index is 547. The minimum atomic E-state index is 0.187. The van der Waals surface area contributed by atoms with Crippen LogP contribution in [0.15, 0.2) is 22.1 Å². The fourth-order valence-corrected chi connectivity index (χ4v) is 2.52. The van der Waals surface area contributed by atoms with Crippen molar-refractivity contribution in [2.75, 3.05) is 0 Å². The molecule has 0 saturated carbocycles. The molecule has 15 heavy (non-hydrogen) atoms. The van der Waals surface area contributed by atoms with E-state index in [1.54, 1.807) is 0 Å². The lowest BCUT2D eigenvalue weighted by Gasteiger charge is -1.97. The summed E-state index contributed by atoms with van der Waals surface area (Å²) in [5.74, 6) is 0.537. The number of nitriles is 1. The molecule has 0 aliphatic carbocycles. The minimum absolute atomic E-state index is 0.187. The topological polar surface area (TPSA) is 49.6 Å². The second-order valence-corrected chi connectivity index (χ2v) is 4.82. The standard InChI is InChI=1S/C9H3BrClN3S/c10-6-1-7(15-4-6)9-13-3-5(2-12)8(11)14-9/h1,3-4H. The van der Waals surface area contributed by atoms with Gasteiger partial charge in [-0.1, -0.05) is 11.6 Å². The second-order valence-electron chi connectivity index (χ2n) is 2.64. The van der Waals surface area contributed by atoms with Crippen LogP contribution in [-0.2, 0) is 0 Å². The highest BCUT2D eigenvalue weighted by Gasteiger charge is 2.08. The van der Waals surface area contributed by atoms with Gasteiger partial charge in [-0.2, -0.15) is 5.26 Å². The first-order valence-electron chi connectivity index (χ1n) is 3.88. The number of rotatable bonds is 1. The summed E-state index contributed by atoms with van der Waals surface area (Å²) in [5.41, 5.74) is 0.288. The third kappa shape index (κ3) is 2.17. The molecule has 2 aromatic heterocycles. The van der Waals surface area contributed by atoms with Crippen LogP contribution in [0.4, 0.5) is 0 Å². The van der Waals surface area contributed by atoms with Crippen LogP contribution in [0.5, 0.6) is 0 Å². The van der Waals surface area contributed by atoms with Crippen molar-refractivity contribution in [2.24, 2.45) is 0 Å². The van der Waals surface area contributed by atoms with Crippen molar-refractivity contribution in [3.63, 3.8) is 0 Å². The van der Waals surface area contributed by atoms with Crippen LogP contribution in [0.3, 0.4) is 0 Å². The number of nitrogens with zero attached hydrogens (tertiary/aromatic N) is 3. The number of hydrogen-bond acceptors (Lipinski definition) is 4. The average molecular weight is 301 g/mol. The van der Waals surface area contributed by atoms with Crippen molar-refractivity contribution >= 4 is 38.9 Å². The molecular weight excluding hydrogens is 298 g/mol. The van der Waals surface area contributed by atoms with Gasteiger partial charge in [-0.15, -0.1) is 11.3 Å². The summed E-state index contributed by atoms with van der Waals surface area (Å²) in [6.45, 7) is 0. The molecule has 0 saturated heterocycles. The van der Waals surface area contributed by atoms with Crippen LogP contribution in [0, 0.1) is 11.3 Å². The molecule has 0 atom stereocenters. The number of thiophene rings is 1. The molecule has 2 aromatic rings. The first kappa shape index (κ1) is 10.6. The number of hydrogen-bond donors (Lipinski definition) is 0. The van der Waals surface area contributed by atoms with E-state index in [1.807, 2.05) is 17.5 Å². The zero-order chi connectivity index (χ0) is 10.8. The number of aromatic nitrogens is 2. The van der Waals surface area contributed by atoms with Gasteiger partial charge in [0.2, 0.25) is 0 Å². The quantitative estimate of drug-likeness (QED) is 0.757. The Kier molecular flexibility index (Phi) is 3.00. The van der Waals surface area contributed by atoms with Crippen molar-refractivity contribution in [3.05, 3.63) is 32.8 Å². The second kappa shape index (κ2) is 4.27. The van der Waals surface area contributed by atoms with Gasteiger partial charge in [0.25, 0.3) is 0 Å². The summed E-state index contributed by atoms with van der Waals surface area (Å²) in [6, 6.07) is 3.82. The summed E-state index contributed by atoms with van der Waals surface area (Å²) in [5, 5.41) is 10.8. The van der Waals surface area contributed by atoms with Crippen molar-refractivity contribution in [1.82, 2.24) is 9.97 Å². The maximum atomic E-state index is 8.66. The van der Waals surface area contributed by atoms with Gasteiger partial charge in [0.15, 0.2) is 11.0 Å². The van der Waals surface area contributed by atoms with E-state index in [1.165, 1.54) is 17.5 Å². The molecular formula is C9H3BrClN3S. The van der Waals surface area contributed by atoms with E-state index in [-0.39, 0.29) is 10.7 Å². The maximum absolute atomic E-state index is 8.66. The van der Waals surface area contributed by atoms with Gasteiger partial charge < -0.3 is 0 Å².